The standard InChI is InChI=1S/C21H22N4O3/c1-24-18-9-4-3-8-17(18)19(28-2)10-11-25(14-20(24)26)21(27)23-16-7-5-6-15(12-16)13-22/h3-9,12,19H,10-11,14H2,1-2H3,(H,23,27). The van der Waals surface area contributed by atoms with Crippen molar-refractivity contribution in [2.45, 2.75) is 12.5 Å². The van der Waals surface area contributed by atoms with Crippen molar-refractivity contribution in [2.75, 3.05) is 37.5 Å². The highest BCUT2D eigenvalue weighted by Crippen LogP contribution is 2.31. The molecule has 0 aromatic heterocycles. The van der Waals surface area contributed by atoms with Gasteiger partial charge >= 0.3 is 6.03 Å². The molecule has 1 atom stereocenters. The number of carbonyl (C=O) groups is 2. The molecule has 3 amide bonds. The van der Waals surface area contributed by atoms with Crippen LogP contribution in [0, 0.1) is 11.3 Å². The molecule has 1 aliphatic heterocycles. The van der Waals surface area contributed by atoms with Gasteiger partial charge in [-0.15, -0.1) is 0 Å². The molecule has 0 bridgehead atoms. The minimum Gasteiger partial charge on any atom is -0.377 e. The molecule has 144 valence electrons. The zero-order valence-electron chi connectivity index (χ0n) is 15.9. The summed E-state index contributed by atoms with van der Waals surface area (Å²) < 4.78 is 5.64. The zero-order valence-corrected chi connectivity index (χ0v) is 15.9. The van der Waals surface area contributed by atoms with Gasteiger partial charge in [0.2, 0.25) is 5.91 Å². The minimum absolute atomic E-state index is 0.0506. The summed E-state index contributed by atoms with van der Waals surface area (Å²) >= 11 is 0. The van der Waals surface area contributed by atoms with Crippen LogP contribution in [0.15, 0.2) is 48.5 Å². The summed E-state index contributed by atoms with van der Waals surface area (Å²) in [4.78, 5) is 28.6. The topological polar surface area (TPSA) is 85.7 Å². The number of para-hydroxylation sites is 1. The number of ether oxygens (including phenoxy) is 1. The number of anilines is 2. The maximum absolute atomic E-state index is 12.8. The number of methoxy groups -OCH3 is 1. The molecule has 1 N–H and O–H groups in total. The second-order valence-corrected chi connectivity index (χ2v) is 6.57. The highest BCUT2D eigenvalue weighted by Gasteiger charge is 2.27. The molecule has 0 radical (unpaired) electrons. The summed E-state index contributed by atoms with van der Waals surface area (Å²) in [6, 6.07) is 15.9. The molecule has 1 aliphatic rings. The minimum atomic E-state index is -0.391. The summed E-state index contributed by atoms with van der Waals surface area (Å²) in [5.41, 5.74) is 2.66. The maximum atomic E-state index is 12.8. The number of fused-ring (bicyclic) bond motifs is 1. The van der Waals surface area contributed by atoms with Crippen molar-refractivity contribution in [2.24, 2.45) is 0 Å². The first-order valence-electron chi connectivity index (χ1n) is 8.98. The van der Waals surface area contributed by atoms with Gasteiger partial charge in [0.25, 0.3) is 0 Å². The lowest BCUT2D eigenvalue weighted by Gasteiger charge is -2.24. The van der Waals surface area contributed by atoms with E-state index < -0.39 is 6.03 Å². The number of carbonyl (C=O) groups excluding carboxylic acids is 2. The van der Waals surface area contributed by atoms with Crippen LogP contribution in [0.1, 0.15) is 23.7 Å². The van der Waals surface area contributed by atoms with E-state index in [1.807, 2.05) is 30.3 Å². The Morgan fingerprint density at radius 1 is 1.25 bits per heavy atom. The van der Waals surface area contributed by atoms with E-state index in [4.69, 9.17) is 10.00 Å². The van der Waals surface area contributed by atoms with Gasteiger partial charge in [-0.05, 0) is 30.7 Å². The first-order valence-corrected chi connectivity index (χ1v) is 8.98. The second kappa shape index (κ2) is 8.55. The lowest BCUT2D eigenvalue weighted by Crippen LogP contribution is -2.43. The van der Waals surface area contributed by atoms with E-state index in [2.05, 4.69) is 5.32 Å². The van der Waals surface area contributed by atoms with Crippen molar-refractivity contribution in [1.82, 2.24) is 4.90 Å². The normalized spacial score (nSPS) is 17.0. The molecule has 1 unspecified atom stereocenters. The zero-order chi connectivity index (χ0) is 20.1. The summed E-state index contributed by atoms with van der Waals surface area (Å²) in [6.07, 6.45) is 0.321. The Morgan fingerprint density at radius 2 is 2.04 bits per heavy atom. The predicted octanol–water partition coefficient (Wildman–Crippen LogP) is 3.15. The van der Waals surface area contributed by atoms with Crippen LogP contribution in [0.3, 0.4) is 0 Å². The molecule has 0 fully saturated rings. The number of rotatable bonds is 2. The number of nitriles is 1. The molecule has 0 aliphatic carbocycles. The van der Waals surface area contributed by atoms with Crippen molar-refractivity contribution >= 4 is 23.3 Å². The molecular weight excluding hydrogens is 356 g/mol. The Morgan fingerprint density at radius 3 is 2.79 bits per heavy atom. The van der Waals surface area contributed by atoms with E-state index in [0.717, 1.165) is 11.3 Å². The highest BCUT2D eigenvalue weighted by atomic mass is 16.5. The fourth-order valence-corrected chi connectivity index (χ4v) is 3.26. The lowest BCUT2D eigenvalue weighted by molar-refractivity contribution is -0.118. The maximum Gasteiger partial charge on any atom is 0.322 e. The van der Waals surface area contributed by atoms with Crippen LogP contribution in [0.5, 0.6) is 0 Å². The first-order chi connectivity index (χ1) is 13.5. The molecule has 2 aromatic carbocycles. The highest BCUT2D eigenvalue weighted by molar-refractivity contribution is 5.98. The molecule has 7 nitrogen and oxygen atoms in total. The molecular formula is C21H22N4O3. The van der Waals surface area contributed by atoms with Crippen molar-refractivity contribution in [3.8, 4) is 6.07 Å². The number of nitrogens with zero attached hydrogens (tertiary/aromatic N) is 3. The van der Waals surface area contributed by atoms with Crippen LogP contribution in [0.4, 0.5) is 16.2 Å². The van der Waals surface area contributed by atoms with Crippen LogP contribution < -0.4 is 10.2 Å². The van der Waals surface area contributed by atoms with Gasteiger partial charge in [-0.25, -0.2) is 4.79 Å². The van der Waals surface area contributed by atoms with Gasteiger partial charge in [-0.3, -0.25) is 4.79 Å². The van der Waals surface area contributed by atoms with Crippen molar-refractivity contribution in [3.05, 3.63) is 59.7 Å². The monoisotopic (exact) mass is 378 g/mol. The van der Waals surface area contributed by atoms with E-state index in [1.54, 1.807) is 43.3 Å². The third-order valence-corrected chi connectivity index (χ3v) is 4.82. The van der Waals surface area contributed by atoms with Gasteiger partial charge < -0.3 is 19.9 Å². The van der Waals surface area contributed by atoms with Crippen LogP contribution in [0.25, 0.3) is 0 Å². The lowest BCUT2D eigenvalue weighted by atomic mass is 10.0. The van der Waals surface area contributed by atoms with Gasteiger partial charge in [0.15, 0.2) is 0 Å². The Labute approximate surface area is 164 Å². The number of nitrogens with one attached hydrogen (secondary N) is 1. The SMILES string of the molecule is COC1CCN(C(=O)Nc2cccc(C#N)c2)CC(=O)N(C)c2ccccc21. The Bertz CT molecular complexity index is 922. The van der Waals surface area contributed by atoms with E-state index in [-0.39, 0.29) is 18.6 Å². The van der Waals surface area contributed by atoms with Gasteiger partial charge in [0.05, 0.1) is 17.7 Å². The quantitative estimate of drug-likeness (QED) is 0.870. The van der Waals surface area contributed by atoms with Crippen LogP contribution in [0.2, 0.25) is 0 Å². The summed E-state index contributed by atoms with van der Waals surface area (Å²) in [6.45, 7) is 0.307. The van der Waals surface area contributed by atoms with E-state index in [0.29, 0.717) is 24.2 Å². The third-order valence-electron chi connectivity index (χ3n) is 4.82. The number of likely N-dealkylation sites (N-methyl/N-ethyl adjacent to an activating group) is 1. The van der Waals surface area contributed by atoms with Gasteiger partial charge in [0, 0.05) is 37.6 Å². The largest absolute Gasteiger partial charge is 0.377 e. The number of urea groups is 1. The average molecular weight is 378 g/mol. The van der Waals surface area contributed by atoms with E-state index in [1.165, 1.54) is 4.90 Å². The molecule has 0 saturated heterocycles. The first kappa shape index (κ1) is 19.4. The molecule has 2 aromatic rings. The molecule has 0 saturated carbocycles. The third kappa shape index (κ3) is 4.13. The number of amides is 3. The molecule has 28 heavy (non-hydrogen) atoms. The van der Waals surface area contributed by atoms with Crippen LogP contribution in [-0.2, 0) is 9.53 Å². The second-order valence-electron chi connectivity index (χ2n) is 6.57. The van der Waals surface area contributed by atoms with Crippen LogP contribution in [-0.4, -0.2) is 44.1 Å². The molecule has 7 heteroatoms. The number of benzene rings is 2. The van der Waals surface area contributed by atoms with Crippen LogP contribution >= 0.6 is 0 Å². The fraction of sp³-hybridized carbons (Fsp3) is 0.286. The Kier molecular flexibility index (Phi) is 5.92. The Hall–Kier alpha value is -3.37. The van der Waals surface area contributed by atoms with Crippen molar-refractivity contribution < 1.29 is 14.3 Å². The smallest absolute Gasteiger partial charge is 0.322 e. The average Bonchev–Trinajstić information content (AvgIpc) is 2.77. The fourth-order valence-electron chi connectivity index (χ4n) is 3.26. The summed E-state index contributed by atoms with van der Waals surface area (Å²) in [5.74, 6) is -0.190. The summed E-state index contributed by atoms with van der Waals surface area (Å²) in [7, 11) is 3.32. The van der Waals surface area contributed by atoms with Gasteiger partial charge in [-0.2, -0.15) is 5.26 Å². The van der Waals surface area contributed by atoms with E-state index in [9.17, 15) is 9.59 Å². The number of hydrogen-bond acceptors (Lipinski definition) is 4. The number of hydrogen-bond donors (Lipinski definition) is 1. The molecule has 0 spiro atoms. The van der Waals surface area contributed by atoms with Gasteiger partial charge in [0.1, 0.15) is 6.54 Å². The summed E-state index contributed by atoms with van der Waals surface area (Å²) in [5, 5.41) is 11.8. The van der Waals surface area contributed by atoms with E-state index >= 15 is 0 Å². The Balaban J connectivity index is 1.83. The van der Waals surface area contributed by atoms with Gasteiger partial charge in [-0.1, -0.05) is 24.3 Å². The van der Waals surface area contributed by atoms with Crippen molar-refractivity contribution in [1.29, 1.82) is 5.26 Å². The molecule has 1 heterocycles. The predicted molar refractivity (Wildman–Crippen MR) is 106 cm³/mol. The molecule has 3 rings (SSSR count). The van der Waals surface area contributed by atoms with Crippen molar-refractivity contribution in [3.63, 3.8) is 0 Å².